The predicted molar refractivity (Wildman–Crippen MR) is 113 cm³/mol. The van der Waals surface area contributed by atoms with Crippen molar-refractivity contribution in [3.05, 3.63) is 52.9 Å². The molecule has 0 spiro atoms. The molecule has 27 heavy (non-hydrogen) atoms. The smallest absolute Gasteiger partial charge is 0.273 e. The monoisotopic (exact) mass is 437 g/mol. The van der Waals surface area contributed by atoms with Crippen LogP contribution >= 0.6 is 34.3 Å². The van der Waals surface area contributed by atoms with Gasteiger partial charge in [0.2, 0.25) is 0 Å². The number of thiophene rings is 1. The van der Waals surface area contributed by atoms with Gasteiger partial charge in [-0.05, 0) is 30.5 Å². The number of halogens is 1. The van der Waals surface area contributed by atoms with Gasteiger partial charge in [0.05, 0.1) is 22.8 Å². The van der Waals surface area contributed by atoms with E-state index in [0.717, 1.165) is 26.5 Å². The summed E-state index contributed by atoms with van der Waals surface area (Å²) in [5.74, 6) is 0.422. The van der Waals surface area contributed by atoms with Crippen LogP contribution in [0.5, 0.6) is 0 Å². The molecule has 0 unspecified atom stereocenters. The second-order valence-corrected chi connectivity index (χ2v) is 10.2. The van der Waals surface area contributed by atoms with Crippen molar-refractivity contribution in [1.82, 2.24) is 9.97 Å². The van der Waals surface area contributed by atoms with Crippen molar-refractivity contribution in [1.29, 1.82) is 0 Å². The van der Waals surface area contributed by atoms with E-state index in [-0.39, 0.29) is 0 Å². The average Bonchev–Trinajstić information content (AvgIpc) is 3.40. The van der Waals surface area contributed by atoms with Crippen LogP contribution in [0.3, 0.4) is 0 Å². The summed E-state index contributed by atoms with van der Waals surface area (Å²) < 4.78 is 27.9. The number of anilines is 1. The molecule has 4 aromatic rings. The fourth-order valence-electron chi connectivity index (χ4n) is 2.95. The minimum absolute atomic E-state index is 0.333. The number of aromatic amines is 1. The minimum Gasteiger partial charge on any atom is -0.351 e. The van der Waals surface area contributed by atoms with E-state index < -0.39 is 10.0 Å². The van der Waals surface area contributed by atoms with Crippen LogP contribution in [0.2, 0.25) is 0 Å². The first-order valence-corrected chi connectivity index (χ1v) is 11.9. The number of aromatic nitrogens is 2. The van der Waals surface area contributed by atoms with E-state index in [4.69, 9.17) is 11.6 Å². The molecule has 0 radical (unpaired) electrons. The molecule has 4 rings (SSSR count). The molecule has 1 N–H and O–H groups in total. The highest BCUT2D eigenvalue weighted by molar-refractivity contribution is 7.94. The van der Waals surface area contributed by atoms with Crippen LogP contribution in [0.4, 0.5) is 5.69 Å². The van der Waals surface area contributed by atoms with Crippen LogP contribution in [-0.2, 0) is 15.9 Å². The van der Waals surface area contributed by atoms with Crippen molar-refractivity contribution in [3.63, 3.8) is 0 Å². The van der Waals surface area contributed by atoms with Crippen LogP contribution in [0.1, 0.15) is 11.8 Å². The summed E-state index contributed by atoms with van der Waals surface area (Å²) in [6.07, 6.45) is 1.76. The molecule has 140 valence electrons. The van der Waals surface area contributed by atoms with Gasteiger partial charge in [-0.1, -0.05) is 18.2 Å². The van der Waals surface area contributed by atoms with Gasteiger partial charge in [-0.3, -0.25) is 4.31 Å². The Kier molecular flexibility index (Phi) is 4.98. The molecule has 0 saturated heterocycles. The number of sulfonamides is 1. The van der Waals surface area contributed by atoms with Gasteiger partial charge in [-0.25, -0.2) is 13.4 Å². The SMILES string of the molecule is CCN(c1cccc2cc(-c3ncc(CCl)s3)[nH]c12)S(=O)(=O)c1cccs1. The van der Waals surface area contributed by atoms with Gasteiger partial charge in [-0.2, -0.15) is 0 Å². The van der Waals surface area contributed by atoms with Gasteiger partial charge >= 0.3 is 0 Å². The number of H-pyrrole nitrogens is 1. The molecular formula is C18H16ClN3O2S3. The van der Waals surface area contributed by atoms with E-state index in [2.05, 4.69) is 9.97 Å². The highest BCUT2D eigenvalue weighted by atomic mass is 35.5. The molecule has 0 saturated carbocycles. The molecule has 0 atom stereocenters. The fraction of sp³-hybridized carbons (Fsp3) is 0.167. The zero-order valence-corrected chi connectivity index (χ0v) is 17.6. The number of benzene rings is 1. The Hall–Kier alpha value is -1.87. The van der Waals surface area contributed by atoms with Crippen LogP contribution in [0.15, 0.2) is 52.2 Å². The van der Waals surface area contributed by atoms with Crippen LogP contribution in [0, 0.1) is 0 Å². The third kappa shape index (κ3) is 3.27. The molecule has 3 heterocycles. The Morgan fingerprint density at radius 2 is 2.11 bits per heavy atom. The molecule has 1 aromatic carbocycles. The molecule has 3 aromatic heterocycles. The van der Waals surface area contributed by atoms with Gasteiger partial charge in [0.25, 0.3) is 10.0 Å². The summed E-state index contributed by atoms with van der Waals surface area (Å²) in [5, 5.41) is 3.53. The first-order valence-electron chi connectivity index (χ1n) is 8.23. The van der Waals surface area contributed by atoms with E-state index in [1.54, 1.807) is 23.7 Å². The molecule has 0 amide bonds. The Morgan fingerprint density at radius 3 is 2.78 bits per heavy atom. The Morgan fingerprint density at radius 1 is 1.26 bits per heavy atom. The van der Waals surface area contributed by atoms with Crippen molar-refractivity contribution in [2.75, 3.05) is 10.8 Å². The lowest BCUT2D eigenvalue weighted by atomic mass is 10.2. The van der Waals surface area contributed by atoms with E-state index in [1.807, 2.05) is 31.2 Å². The largest absolute Gasteiger partial charge is 0.351 e. The minimum atomic E-state index is -3.61. The topological polar surface area (TPSA) is 66.1 Å². The lowest BCUT2D eigenvalue weighted by Crippen LogP contribution is -2.30. The van der Waals surface area contributed by atoms with Crippen LogP contribution in [0.25, 0.3) is 21.6 Å². The number of nitrogens with one attached hydrogen (secondary N) is 1. The van der Waals surface area contributed by atoms with Gasteiger partial charge in [-0.15, -0.1) is 34.3 Å². The molecule has 9 heteroatoms. The van der Waals surface area contributed by atoms with Gasteiger partial charge in [0.1, 0.15) is 9.22 Å². The van der Waals surface area contributed by atoms with Crippen molar-refractivity contribution in [2.45, 2.75) is 17.0 Å². The van der Waals surface area contributed by atoms with Crippen molar-refractivity contribution in [2.24, 2.45) is 0 Å². The summed E-state index contributed by atoms with van der Waals surface area (Å²) in [6, 6.07) is 11.0. The van der Waals surface area contributed by atoms with Gasteiger partial charge < -0.3 is 4.98 Å². The number of alkyl halides is 1. The normalized spacial score (nSPS) is 11.9. The molecule has 0 aliphatic carbocycles. The zero-order valence-electron chi connectivity index (χ0n) is 14.3. The van der Waals surface area contributed by atoms with Crippen molar-refractivity contribution in [3.8, 4) is 10.7 Å². The quantitative estimate of drug-likeness (QED) is 0.416. The maximum Gasteiger partial charge on any atom is 0.273 e. The first-order chi connectivity index (χ1) is 13.0. The zero-order chi connectivity index (χ0) is 19.0. The molecular weight excluding hydrogens is 422 g/mol. The Bertz CT molecular complexity index is 1180. The Labute approximate surface area is 170 Å². The lowest BCUT2D eigenvalue weighted by molar-refractivity contribution is 0.594. The summed E-state index contributed by atoms with van der Waals surface area (Å²) >= 11 is 8.62. The first kappa shape index (κ1) is 18.5. The van der Waals surface area contributed by atoms with E-state index >= 15 is 0 Å². The van der Waals surface area contributed by atoms with Crippen LogP contribution < -0.4 is 4.31 Å². The second kappa shape index (κ2) is 7.27. The number of rotatable bonds is 6. The molecule has 0 aliphatic heterocycles. The predicted octanol–water partition coefficient (Wildman–Crippen LogP) is 5.31. The Balaban J connectivity index is 1.84. The highest BCUT2D eigenvalue weighted by Crippen LogP contribution is 2.35. The number of hydrogen-bond acceptors (Lipinski definition) is 5. The average molecular weight is 438 g/mol. The summed E-state index contributed by atoms with van der Waals surface area (Å²) in [7, 11) is -3.61. The molecule has 0 fully saturated rings. The number of fused-ring (bicyclic) bond motifs is 1. The van der Waals surface area contributed by atoms with Gasteiger partial charge in [0.15, 0.2) is 0 Å². The number of nitrogens with zero attached hydrogens (tertiary/aromatic N) is 2. The molecule has 0 bridgehead atoms. The summed E-state index contributed by atoms with van der Waals surface area (Å²) in [6.45, 7) is 2.17. The maximum atomic E-state index is 13.1. The summed E-state index contributed by atoms with van der Waals surface area (Å²) in [4.78, 5) is 8.75. The van der Waals surface area contributed by atoms with Gasteiger partial charge in [0, 0.05) is 23.0 Å². The third-order valence-corrected chi connectivity index (χ3v) is 8.88. The molecule has 5 nitrogen and oxygen atoms in total. The molecule has 0 aliphatic rings. The van der Waals surface area contributed by atoms with Crippen LogP contribution in [-0.4, -0.2) is 24.9 Å². The fourth-order valence-corrected chi connectivity index (χ4v) is 6.50. The standard InChI is InChI=1S/C18H16ClN3O2S3/c1-2-22(27(23,24)16-7-4-8-25-16)15-6-3-5-12-9-14(21-17(12)15)18-20-11-13(10-19)26-18/h3-9,11,21H,2,10H2,1H3. The van der Waals surface area contributed by atoms with E-state index in [0.29, 0.717) is 22.3 Å². The number of thiazole rings is 1. The lowest BCUT2D eigenvalue weighted by Gasteiger charge is -2.22. The third-order valence-electron chi connectivity index (χ3n) is 4.15. The summed E-state index contributed by atoms with van der Waals surface area (Å²) in [5.41, 5.74) is 2.25. The number of para-hydroxylation sites is 1. The highest BCUT2D eigenvalue weighted by Gasteiger charge is 2.26. The van der Waals surface area contributed by atoms with Crippen molar-refractivity contribution >= 4 is 60.9 Å². The van der Waals surface area contributed by atoms with Crippen molar-refractivity contribution < 1.29 is 8.42 Å². The number of hydrogen-bond donors (Lipinski definition) is 1. The van der Waals surface area contributed by atoms with E-state index in [1.165, 1.54) is 27.0 Å². The maximum absolute atomic E-state index is 13.1. The second-order valence-electron chi connectivity index (χ2n) is 5.79. The van der Waals surface area contributed by atoms with E-state index in [9.17, 15) is 8.42 Å².